The van der Waals surface area contributed by atoms with Crippen molar-refractivity contribution in [2.75, 3.05) is 19.1 Å². The van der Waals surface area contributed by atoms with Gasteiger partial charge >= 0.3 is 0 Å². The van der Waals surface area contributed by atoms with Crippen LogP contribution in [0.1, 0.15) is 11.1 Å². The molecule has 0 fully saturated rings. The summed E-state index contributed by atoms with van der Waals surface area (Å²) in [7, 11) is 3.24. The highest BCUT2D eigenvalue weighted by molar-refractivity contribution is 6.45. The number of hydrogen-bond donors (Lipinski definition) is 0. The standard InChI is InChI=1S/C25H20ClFN2O3/c1-28(15-16-6-4-3-5-7-16)23-22(17-8-10-18(27)11-9-17)24(30)29(25(23)31)19-12-13-21(32-2)20(26)14-19/h3-14H,15H2,1-2H3. The fourth-order valence-electron chi connectivity index (χ4n) is 3.71. The molecule has 0 atom stereocenters. The molecule has 0 spiro atoms. The third-order valence-corrected chi connectivity index (χ3v) is 5.53. The number of nitrogens with zero attached hydrogens (tertiary/aromatic N) is 2. The fraction of sp³-hybridized carbons (Fsp3) is 0.120. The van der Waals surface area contributed by atoms with E-state index in [1.54, 1.807) is 24.1 Å². The quantitative estimate of drug-likeness (QED) is 0.501. The van der Waals surface area contributed by atoms with Crippen LogP contribution in [0.25, 0.3) is 5.57 Å². The van der Waals surface area contributed by atoms with Crippen LogP contribution in [-0.2, 0) is 16.1 Å². The van der Waals surface area contributed by atoms with Crippen LogP contribution in [0.3, 0.4) is 0 Å². The van der Waals surface area contributed by atoms with Crippen molar-refractivity contribution in [1.82, 2.24) is 4.90 Å². The highest BCUT2D eigenvalue weighted by Gasteiger charge is 2.42. The van der Waals surface area contributed by atoms with Gasteiger partial charge in [-0.2, -0.15) is 0 Å². The Balaban J connectivity index is 1.79. The van der Waals surface area contributed by atoms with Gasteiger partial charge in [0.15, 0.2) is 0 Å². The third kappa shape index (κ3) is 3.97. The van der Waals surface area contributed by atoms with Crippen LogP contribution in [-0.4, -0.2) is 30.9 Å². The summed E-state index contributed by atoms with van der Waals surface area (Å²) in [5.41, 5.74) is 2.21. The second-order valence-corrected chi connectivity index (χ2v) is 7.74. The van der Waals surface area contributed by atoms with Crippen molar-refractivity contribution in [2.24, 2.45) is 0 Å². The van der Waals surface area contributed by atoms with Crippen LogP contribution in [0.2, 0.25) is 5.02 Å². The molecule has 162 valence electrons. The lowest BCUT2D eigenvalue weighted by Crippen LogP contribution is -2.34. The molecule has 32 heavy (non-hydrogen) atoms. The number of hydrogen-bond acceptors (Lipinski definition) is 4. The van der Waals surface area contributed by atoms with Gasteiger partial charge in [0.25, 0.3) is 11.8 Å². The van der Waals surface area contributed by atoms with Gasteiger partial charge in [0, 0.05) is 13.6 Å². The molecule has 3 aromatic carbocycles. The number of carbonyl (C=O) groups is 2. The fourth-order valence-corrected chi connectivity index (χ4v) is 3.97. The number of anilines is 1. The molecule has 1 aliphatic heterocycles. The number of ether oxygens (including phenoxy) is 1. The molecule has 7 heteroatoms. The molecule has 3 aromatic rings. The Morgan fingerprint density at radius 1 is 0.969 bits per heavy atom. The number of imide groups is 1. The lowest BCUT2D eigenvalue weighted by molar-refractivity contribution is -0.120. The van der Waals surface area contributed by atoms with E-state index in [9.17, 15) is 14.0 Å². The van der Waals surface area contributed by atoms with Gasteiger partial charge in [-0.15, -0.1) is 0 Å². The first kappa shape index (κ1) is 21.6. The van der Waals surface area contributed by atoms with Gasteiger partial charge in [0.05, 0.1) is 23.4 Å². The summed E-state index contributed by atoms with van der Waals surface area (Å²) in [6, 6.07) is 19.8. The zero-order chi connectivity index (χ0) is 22.8. The summed E-state index contributed by atoms with van der Waals surface area (Å²) in [4.78, 5) is 29.8. The maximum Gasteiger partial charge on any atom is 0.282 e. The van der Waals surface area contributed by atoms with E-state index in [1.165, 1.54) is 37.4 Å². The summed E-state index contributed by atoms with van der Waals surface area (Å²) < 4.78 is 18.7. The van der Waals surface area contributed by atoms with Crippen LogP contribution in [0.15, 0.2) is 78.5 Å². The Morgan fingerprint density at radius 2 is 1.66 bits per heavy atom. The predicted molar refractivity (Wildman–Crippen MR) is 122 cm³/mol. The van der Waals surface area contributed by atoms with Crippen LogP contribution in [0.5, 0.6) is 5.75 Å². The second-order valence-electron chi connectivity index (χ2n) is 7.34. The van der Waals surface area contributed by atoms with Crippen LogP contribution in [0, 0.1) is 5.82 Å². The van der Waals surface area contributed by atoms with Crippen LogP contribution in [0.4, 0.5) is 10.1 Å². The minimum atomic E-state index is -0.502. The number of methoxy groups -OCH3 is 1. The van der Waals surface area contributed by atoms with Crippen molar-refractivity contribution in [3.8, 4) is 5.75 Å². The van der Waals surface area contributed by atoms with Crippen molar-refractivity contribution >= 4 is 34.7 Å². The number of halogens is 2. The van der Waals surface area contributed by atoms with E-state index < -0.39 is 17.6 Å². The van der Waals surface area contributed by atoms with E-state index in [4.69, 9.17) is 16.3 Å². The molecule has 0 N–H and O–H groups in total. The smallest absolute Gasteiger partial charge is 0.282 e. The van der Waals surface area contributed by atoms with Crippen molar-refractivity contribution in [3.05, 3.63) is 100 Å². The molecular formula is C25H20ClFN2O3. The van der Waals surface area contributed by atoms with Crippen molar-refractivity contribution in [3.63, 3.8) is 0 Å². The van der Waals surface area contributed by atoms with Crippen molar-refractivity contribution in [2.45, 2.75) is 6.54 Å². The first-order chi connectivity index (χ1) is 15.4. The minimum absolute atomic E-state index is 0.209. The van der Waals surface area contributed by atoms with E-state index in [1.807, 2.05) is 30.3 Å². The van der Waals surface area contributed by atoms with Gasteiger partial charge < -0.3 is 9.64 Å². The van der Waals surface area contributed by atoms with Crippen LogP contribution >= 0.6 is 11.6 Å². The molecule has 1 heterocycles. The lowest BCUT2D eigenvalue weighted by atomic mass is 10.0. The van der Waals surface area contributed by atoms with Gasteiger partial charge in [-0.3, -0.25) is 9.59 Å². The number of carbonyl (C=O) groups excluding carboxylic acids is 2. The zero-order valence-corrected chi connectivity index (χ0v) is 18.3. The van der Waals surface area contributed by atoms with Gasteiger partial charge in [0.1, 0.15) is 17.3 Å². The molecular weight excluding hydrogens is 431 g/mol. The normalized spacial score (nSPS) is 13.7. The maximum atomic E-state index is 13.5. The molecule has 0 aromatic heterocycles. The molecule has 0 radical (unpaired) electrons. The predicted octanol–water partition coefficient (Wildman–Crippen LogP) is 4.90. The highest BCUT2D eigenvalue weighted by Crippen LogP contribution is 2.37. The summed E-state index contributed by atoms with van der Waals surface area (Å²) in [5.74, 6) is -0.974. The van der Waals surface area contributed by atoms with Crippen molar-refractivity contribution < 1.29 is 18.7 Å². The highest BCUT2D eigenvalue weighted by atomic mass is 35.5. The van der Waals surface area contributed by atoms with E-state index in [0.717, 1.165) is 10.5 Å². The maximum absolute atomic E-state index is 13.5. The van der Waals surface area contributed by atoms with E-state index in [2.05, 4.69) is 0 Å². The molecule has 4 rings (SSSR count). The van der Waals surface area contributed by atoms with Gasteiger partial charge in [-0.1, -0.05) is 54.1 Å². The van der Waals surface area contributed by atoms with Gasteiger partial charge in [-0.05, 0) is 41.5 Å². The average molecular weight is 451 g/mol. The minimum Gasteiger partial charge on any atom is -0.495 e. The van der Waals surface area contributed by atoms with E-state index in [-0.39, 0.29) is 16.3 Å². The Bertz CT molecular complexity index is 1210. The number of benzene rings is 3. The summed E-state index contributed by atoms with van der Waals surface area (Å²) in [6.07, 6.45) is 0. The molecule has 0 unspecified atom stereocenters. The number of likely N-dealkylation sites (N-methyl/N-ethyl adjacent to an activating group) is 1. The first-order valence-electron chi connectivity index (χ1n) is 9.88. The lowest BCUT2D eigenvalue weighted by Gasteiger charge is -2.22. The Morgan fingerprint density at radius 3 is 2.28 bits per heavy atom. The molecule has 0 saturated carbocycles. The number of amides is 2. The Kier molecular flexibility index (Phi) is 5.97. The summed E-state index contributed by atoms with van der Waals surface area (Å²) >= 11 is 6.24. The zero-order valence-electron chi connectivity index (χ0n) is 17.5. The molecule has 0 bridgehead atoms. The molecule has 2 amide bonds. The first-order valence-corrected chi connectivity index (χ1v) is 10.3. The molecule has 0 aliphatic carbocycles. The molecule has 0 saturated heterocycles. The van der Waals surface area contributed by atoms with Gasteiger partial charge in [-0.25, -0.2) is 9.29 Å². The van der Waals surface area contributed by atoms with Gasteiger partial charge in [0.2, 0.25) is 0 Å². The topological polar surface area (TPSA) is 49.9 Å². The molecule has 5 nitrogen and oxygen atoms in total. The number of rotatable bonds is 6. The van der Waals surface area contributed by atoms with E-state index in [0.29, 0.717) is 23.5 Å². The van der Waals surface area contributed by atoms with Crippen molar-refractivity contribution in [1.29, 1.82) is 0 Å². The molecule has 1 aliphatic rings. The Labute approximate surface area is 190 Å². The second kappa shape index (κ2) is 8.85. The SMILES string of the molecule is COc1ccc(N2C(=O)C(c3ccc(F)cc3)=C(N(C)Cc3ccccc3)C2=O)cc1Cl. The van der Waals surface area contributed by atoms with Crippen LogP contribution < -0.4 is 9.64 Å². The average Bonchev–Trinajstić information content (AvgIpc) is 3.05. The third-order valence-electron chi connectivity index (χ3n) is 5.23. The van der Waals surface area contributed by atoms with E-state index >= 15 is 0 Å². The summed E-state index contributed by atoms with van der Waals surface area (Å²) in [6.45, 7) is 0.414. The summed E-state index contributed by atoms with van der Waals surface area (Å²) in [5, 5.41) is 0.278. The Hall–Kier alpha value is -3.64. The largest absolute Gasteiger partial charge is 0.495 e. The monoisotopic (exact) mass is 450 g/mol.